The number of nitrogen functional groups attached to an aromatic ring is 1. The molecular formula is C15H23N3O3. The van der Waals surface area contributed by atoms with E-state index in [9.17, 15) is 9.90 Å². The molecule has 1 heterocycles. The molecule has 0 aromatic heterocycles. The lowest BCUT2D eigenvalue weighted by molar-refractivity contribution is -0.136. The van der Waals surface area contributed by atoms with Crippen LogP contribution in [0, 0.1) is 0 Å². The van der Waals surface area contributed by atoms with Crippen molar-refractivity contribution in [3.63, 3.8) is 0 Å². The average Bonchev–Trinajstić information content (AvgIpc) is 2.44. The van der Waals surface area contributed by atoms with Crippen LogP contribution in [0.25, 0.3) is 0 Å². The minimum absolute atomic E-state index is 0.0135. The number of nitrogens with one attached hydrogen (secondary N) is 1. The number of carbonyl (C=O) groups excluding carboxylic acids is 1. The summed E-state index contributed by atoms with van der Waals surface area (Å²) in [6.07, 6.45) is -0.660. The predicted molar refractivity (Wildman–Crippen MR) is 81.0 cm³/mol. The average molecular weight is 293 g/mol. The maximum atomic E-state index is 11.8. The molecule has 1 fully saturated rings. The van der Waals surface area contributed by atoms with Crippen molar-refractivity contribution in [1.82, 2.24) is 10.2 Å². The Morgan fingerprint density at radius 3 is 2.76 bits per heavy atom. The number of aliphatic hydroxyl groups excluding tert-OH is 1. The Morgan fingerprint density at radius 1 is 1.43 bits per heavy atom. The summed E-state index contributed by atoms with van der Waals surface area (Å²) in [6, 6.07) is 7.03. The lowest BCUT2D eigenvalue weighted by Gasteiger charge is -2.41. The number of hydrogen-bond acceptors (Lipinski definition) is 5. The van der Waals surface area contributed by atoms with Crippen LogP contribution < -0.4 is 15.8 Å². The lowest BCUT2D eigenvalue weighted by Crippen LogP contribution is -2.63. The van der Waals surface area contributed by atoms with Crippen LogP contribution in [0.1, 0.15) is 13.8 Å². The Morgan fingerprint density at radius 2 is 2.10 bits per heavy atom. The Balaban J connectivity index is 1.85. The first kappa shape index (κ1) is 15.6. The molecule has 0 aliphatic carbocycles. The van der Waals surface area contributed by atoms with Crippen LogP contribution in [0.4, 0.5) is 5.69 Å². The van der Waals surface area contributed by atoms with E-state index in [1.807, 2.05) is 18.7 Å². The molecule has 1 aromatic rings. The Hall–Kier alpha value is -1.79. The van der Waals surface area contributed by atoms with E-state index in [4.69, 9.17) is 10.5 Å². The number of anilines is 1. The molecular weight excluding hydrogens is 270 g/mol. The maximum Gasteiger partial charge on any atom is 0.240 e. The van der Waals surface area contributed by atoms with Gasteiger partial charge in [0.2, 0.25) is 5.91 Å². The summed E-state index contributed by atoms with van der Waals surface area (Å²) in [7, 11) is 0. The number of β-amino-alcohol motifs (C(OH)–C–C–N with tert-alkyl or cyclic N) is 1. The molecule has 0 radical (unpaired) electrons. The zero-order chi connectivity index (χ0) is 15.5. The smallest absolute Gasteiger partial charge is 0.240 e. The number of nitrogens with two attached hydrogens (primary N) is 1. The molecule has 0 spiro atoms. The molecule has 4 N–H and O–H groups in total. The second-order valence-corrected chi connectivity index (χ2v) is 5.79. The van der Waals surface area contributed by atoms with Crippen molar-refractivity contribution in [3.05, 3.63) is 24.3 Å². The summed E-state index contributed by atoms with van der Waals surface area (Å²) < 4.78 is 5.53. The van der Waals surface area contributed by atoms with Crippen LogP contribution >= 0.6 is 0 Å². The minimum Gasteiger partial charge on any atom is -0.491 e. The van der Waals surface area contributed by atoms with E-state index in [2.05, 4.69) is 5.32 Å². The van der Waals surface area contributed by atoms with Gasteiger partial charge in [-0.2, -0.15) is 0 Å². The van der Waals surface area contributed by atoms with E-state index < -0.39 is 11.6 Å². The zero-order valence-corrected chi connectivity index (χ0v) is 12.5. The predicted octanol–water partition coefficient (Wildman–Crippen LogP) is 0.219. The zero-order valence-electron chi connectivity index (χ0n) is 12.5. The first-order valence-corrected chi connectivity index (χ1v) is 7.09. The van der Waals surface area contributed by atoms with Crippen molar-refractivity contribution in [2.75, 3.05) is 32.0 Å². The van der Waals surface area contributed by atoms with Crippen LogP contribution in [-0.4, -0.2) is 53.8 Å². The maximum absolute atomic E-state index is 11.8. The van der Waals surface area contributed by atoms with Gasteiger partial charge in [0.25, 0.3) is 0 Å². The minimum atomic E-state index is -0.660. The molecule has 1 aromatic carbocycles. The molecule has 116 valence electrons. The molecule has 1 aliphatic heterocycles. The van der Waals surface area contributed by atoms with Crippen molar-refractivity contribution >= 4 is 11.6 Å². The van der Waals surface area contributed by atoms with Crippen molar-refractivity contribution in [3.8, 4) is 5.75 Å². The number of nitrogens with zero attached hydrogens (tertiary/aromatic N) is 1. The fourth-order valence-corrected chi connectivity index (χ4v) is 2.33. The molecule has 1 unspecified atom stereocenters. The molecule has 1 aliphatic rings. The molecule has 0 bridgehead atoms. The van der Waals surface area contributed by atoms with Crippen molar-refractivity contribution in [2.45, 2.75) is 25.5 Å². The highest BCUT2D eigenvalue weighted by Crippen LogP contribution is 2.18. The van der Waals surface area contributed by atoms with E-state index in [1.54, 1.807) is 24.3 Å². The molecule has 0 saturated carbocycles. The number of amides is 1. The molecule has 2 rings (SSSR count). The monoisotopic (exact) mass is 293 g/mol. The standard InChI is InChI=1S/C15H23N3O3/c1-15(2)14(20)17-7-8-18(15)9-12(19)10-21-13-5-3-11(16)4-6-13/h3-6,12,19H,7-10,16H2,1-2H3,(H,17,20). The molecule has 1 saturated heterocycles. The van der Waals surface area contributed by atoms with Gasteiger partial charge < -0.3 is 20.9 Å². The normalized spacial score (nSPS) is 19.9. The summed E-state index contributed by atoms with van der Waals surface area (Å²) in [5.74, 6) is 0.652. The third-order valence-electron chi connectivity index (χ3n) is 3.77. The molecule has 6 nitrogen and oxygen atoms in total. The lowest BCUT2D eigenvalue weighted by atomic mass is 9.98. The SMILES string of the molecule is CC1(C)C(=O)NCCN1CC(O)COc1ccc(N)cc1. The summed E-state index contributed by atoms with van der Waals surface area (Å²) >= 11 is 0. The fraction of sp³-hybridized carbons (Fsp3) is 0.533. The van der Waals surface area contributed by atoms with Crippen LogP contribution in [0.15, 0.2) is 24.3 Å². The molecule has 1 atom stereocenters. The second-order valence-electron chi connectivity index (χ2n) is 5.79. The van der Waals surface area contributed by atoms with Crippen LogP contribution in [-0.2, 0) is 4.79 Å². The van der Waals surface area contributed by atoms with Crippen molar-refractivity contribution in [1.29, 1.82) is 0 Å². The van der Waals surface area contributed by atoms with Gasteiger partial charge in [-0.3, -0.25) is 9.69 Å². The topological polar surface area (TPSA) is 87.8 Å². The fourth-order valence-electron chi connectivity index (χ4n) is 2.33. The first-order chi connectivity index (χ1) is 9.89. The summed E-state index contributed by atoms with van der Waals surface area (Å²) in [5, 5.41) is 12.9. The second kappa shape index (κ2) is 6.32. The number of hydrogen-bond donors (Lipinski definition) is 3. The number of aliphatic hydroxyl groups is 1. The van der Waals surface area contributed by atoms with Crippen LogP contribution in [0.3, 0.4) is 0 Å². The highest BCUT2D eigenvalue weighted by atomic mass is 16.5. The summed E-state index contributed by atoms with van der Waals surface area (Å²) in [4.78, 5) is 13.8. The van der Waals surface area contributed by atoms with E-state index in [1.165, 1.54) is 0 Å². The number of rotatable bonds is 5. The molecule has 21 heavy (non-hydrogen) atoms. The third kappa shape index (κ3) is 3.86. The van der Waals surface area contributed by atoms with Crippen LogP contribution in [0.5, 0.6) is 5.75 Å². The van der Waals surface area contributed by atoms with Gasteiger partial charge in [-0.05, 0) is 38.1 Å². The van der Waals surface area contributed by atoms with Gasteiger partial charge in [-0.15, -0.1) is 0 Å². The van der Waals surface area contributed by atoms with Gasteiger partial charge in [-0.1, -0.05) is 0 Å². The highest BCUT2D eigenvalue weighted by Gasteiger charge is 2.38. The first-order valence-electron chi connectivity index (χ1n) is 7.09. The van der Waals surface area contributed by atoms with Gasteiger partial charge >= 0.3 is 0 Å². The van der Waals surface area contributed by atoms with Gasteiger partial charge in [-0.25, -0.2) is 0 Å². The van der Waals surface area contributed by atoms with E-state index >= 15 is 0 Å². The highest BCUT2D eigenvalue weighted by molar-refractivity contribution is 5.86. The largest absolute Gasteiger partial charge is 0.491 e. The number of carbonyl (C=O) groups is 1. The third-order valence-corrected chi connectivity index (χ3v) is 3.77. The summed E-state index contributed by atoms with van der Waals surface area (Å²) in [6.45, 7) is 5.61. The Bertz CT molecular complexity index is 487. The van der Waals surface area contributed by atoms with E-state index in [0.29, 0.717) is 24.5 Å². The van der Waals surface area contributed by atoms with E-state index in [-0.39, 0.29) is 12.5 Å². The number of benzene rings is 1. The Kier molecular flexibility index (Phi) is 4.69. The van der Waals surface area contributed by atoms with Gasteiger partial charge in [0.1, 0.15) is 18.5 Å². The molecule has 6 heteroatoms. The van der Waals surface area contributed by atoms with Crippen molar-refractivity contribution < 1.29 is 14.6 Å². The quantitative estimate of drug-likeness (QED) is 0.676. The molecule has 1 amide bonds. The van der Waals surface area contributed by atoms with Gasteiger partial charge in [0.15, 0.2) is 0 Å². The van der Waals surface area contributed by atoms with E-state index in [0.717, 1.165) is 6.54 Å². The van der Waals surface area contributed by atoms with Crippen LogP contribution in [0.2, 0.25) is 0 Å². The van der Waals surface area contributed by atoms with Gasteiger partial charge in [0, 0.05) is 25.3 Å². The number of piperazine rings is 1. The Labute approximate surface area is 124 Å². The number of ether oxygens (including phenoxy) is 1. The summed E-state index contributed by atoms with van der Waals surface area (Å²) in [5.41, 5.74) is 5.66. The van der Waals surface area contributed by atoms with Gasteiger partial charge in [0.05, 0.1) is 5.54 Å². The van der Waals surface area contributed by atoms with Crippen molar-refractivity contribution in [2.24, 2.45) is 0 Å².